The van der Waals surface area contributed by atoms with E-state index in [4.69, 9.17) is 15.9 Å². The molecule has 0 amide bonds. The van der Waals surface area contributed by atoms with E-state index in [0.29, 0.717) is 0 Å². The van der Waals surface area contributed by atoms with Crippen molar-refractivity contribution in [1.82, 2.24) is 0 Å². The summed E-state index contributed by atoms with van der Waals surface area (Å²) in [4.78, 5) is 6.92. The molecule has 0 N–H and O–H groups in total. The molecule has 1 aliphatic rings. The van der Waals surface area contributed by atoms with Crippen molar-refractivity contribution < 1.29 is 0 Å². The maximum absolute atomic E-state index is 8.35. The molecule has 0 aromatic heterocycles. The fourth-order valence-electron chi connectivity index (χ4n) is 0.549. The van der Waals surface area contributed by atoms with Crippen LogP contribution >= 0.6 is 0 Å². The van der Waals surface area contributed by atoms with Crippen LogP contribution in [-0.2, 0) is 0 Å². The number of nitriles is 2. The smallest absolute Gasteiger partial charge is 0.234 e. The van der Waals surface area contributed by atoms with Crippen LogP contribution in [0.2, 0.25) is 0 Å². The van der Waals surface area contributed by atoms with Crippen LogP contribution in [0.25, 0.3) is 5.41 Å². The van der Waals surface area contributed by atoms with Gasteiger partial charge in [-0.2, -0.15) is 10.5 Å². The number of nitrogens with zero attached hydrogens (tertiary/aromatic N) is 5. The lowest BCUT2D eigenvalue weighted by Crippen LogP contribution is -1.91. The summed E-state index contributed by atoms with van der Waals surface area (Å²) in [5.41, 5.74) is -0.187. The lowest BCUT2D eigenvalue weighted by molar-refractivity contribution is 1.50. The topological polar surface area (TPSA) is 94.6 Å². The van der Waals surface area contributed by atoms with Crippen LogP contribution in [0.5, 0.6) is 0 Å². The van der Waals surface area contributed by atoms with Crippen molar-refractivity contribution in [2.45, 2.75) is 0 Å². The largest absolute Gasteiger partial charge is 0.761 e. The fraction of sp³-hybridized carbons (Fsp3) is 0. The molecule has 0 aromatic rings. The van der Waals surface area contributed by atoms with E-state index in [9.17, 15) is 0 Å². The van der Waals surface area contributed by atoms with Gasteiger partial charge in [0.25, 0.3) is 0 Å². The molecule has 50 valence electrons. The lowest BCUT2D eigenvalue weighted by atomic mass is 10.3. The zero-order valence-electron chi connectivity index (χ0n) is 5.24. The minimum absolute atomic E-state index is 0.0935. The third-order valence-electron chi connectivity index (χ3n) is 0.972. The molecule has 0 saturated heterocycles. The number of hydrogen-bond acceptors (Lipinski definition) is 4. The van der Waals surface area contributed by atoms with Crippen LogP contribution in [-0.4, -0.2) is 17.4 Å². The Labute approximate surface area is 62.1 Å². The van der Waals surface area contributed by atoms with E-state index in [2.05, 4.69) is 9.98 Å². The van der Waals surface area contributed by atoms with E-state index in [1.165, 1.54) is 0 Å². The molecule has 0 unspecified atom stereocenters. The average molecular weight is 142 g/mol. The van der Waals surface area contributed by atoms with Gasteiger partial charge >= 0.3 is 0 Å². The van der Waals surface area contributed by atoms with Gasteiger partial charge in [0.1, 0.15) is 17.8 Å². The first kappa shape index (κ1) is 6.88. The Bertz CT molecular complexity index is 380. The molecular formula is C6N5-. The molecule has 1 aliphatic heterocycles. The molecule has 0 atom stereocenters. The molecule has 0 aromatic carbocycles. The summed E-state index contributed by atoms with van der Waals surface area (Å²) in [7, 11) is 0. The van der Waals surface area contributed by atoms with Crippen LogP contribution in [0.1, 0.15) is 0 Å². The first-order valence-electron chi connectivity index (χ1n) is 2.57. The van der Waals surface area contributed by atoms with E-state index in [1.807, 2.05) is 0 Å². The van der Waals surface area contributed by atoms with Crippen molar-refractivity contribution >= 4 is 17.4 Å². The second-order valence-electron chi connectivity index (χ2n) is 1.58. The molecule has 0 aliphatic carbocycles. The standard InChI is InChI=1S/C6N5/c7-1-4-5(2-8)11-6(3-9)10-4/q-1. The van der Waals surface area contributed by atoms with Crippen molar-refractivity contribution in [1.29, 1.82) is 10.5 Å². The third kappa shape index (κ3) is 1.04. The Morgan fingerprint density at radius 3 is 2.27 bits per heavy atom. The number of amidine groups is 1. The van der Waals surface area contributed by atoms with E-state index in [0.717, 1.165) is 0 Å². The van der Waals surface area contributed by atoms with Crippen molar-refractivity contribution in [3.05, 3.63) is 11.1 Å². The minimum atomic E-state index is -0.141. The van der Waals surface area contributed by atoms with Gasteiger partial charge in [0, 0.05) is 0 Å². The Kier molecular flexibility index (Phi) is 1.61. The molecule has 0 spiro atoms. The predicted octanol–water partition coefficient (Wildman–Crippen LogP) is 0.00966. The zero-order valence-corrected chi connectivity index (χ0v) is 5.24. The fourth-order valence-corrected chi connectivity index (χ4v) is 0.549. The maximum atomic E-state index is 8.35. The highest BCUT2D eigenvalue weighted by Crippen LogP contribution is 2.05. The zero-order chi connectivity index (χ0) is 8.27. The number of aliphatic imine (C=N–C) groups is 2. The van der Waals surface area contributed by atoms with E-state index in [-0.39, 0.29) is 17.2 Å². The van der Waals surface area contributed by atoms with E-state index >= 15 is 0 Å². The summed E-state index contributed by atoms with van der Waals surface area (Å²) in [6.45, 7) is 0. The molecule has 5 heteroatoms. The van der Waals surface area contributed by atoms with E-state index in [1.54, 1.807) is 18.0 Å². The van der Waals surface area contributed by atoms with Crippen molar-refractivity contribution in [2.24, 2.45) is 9.98 Å². The van der Waals surface area contributed by atoms with Crippen molar-refractivity contribution in [3.8, 4) is 12.1 Å². The normalized spacial score (nSPS) is 14.2. The van der Waals surface area contributed by atoms with Crippen molar-refractivity contribution in [3.63, 3.8) is 0 Å². The second kappa shape index (κ2) is 2.57. The van der Waals surface area contributed by atoms with Gasteiger partial charge in [-0.3, -0.25) is 0 Å². The predicted molar refractivity (Wildman–Crippen MR) is 38.0 cm³/mol. The van der Waals surface area contributed by atoms with Crippen LogP contribution in [0, 0.1) is 22.7 Å². The van der Waals surface area contributed by atoms with Gasteiger partial charge in [0.2, 0.25) is 5.84 Å². The first-order chi connectivity index (χ1) is 5.31. The summed E-state index contributed by atoms with van der Waals surface area (Å²) < 4.78 is 0. The Morgan fingerprint density at radius 1 is 1.18 bits per heavy atom. The van der Waals surface area contributed by atoms with E-state index < -0.39 is 0 Å². The Balaban J connectivity index is 3.21. The van der Waals surface area contributed by atoms with Gasteiger partial charge in [0.15, 0.2) is 5.71 Å². The van der Waals surface area contributed by atoms with Gasteiger partial charge < -0.3 is 5.41 Å². The number of allylic oxidation sites excluding steroid dienone is 1. The van der Waals surface area contributed by atoms with Crippen LogP contribution < -0.4 is 0 Å². The second-order valence-corrected chi connectivity index (χ2v) is 1.58. The molecule has 1 heterocycles. The molecule has 0 fully saturated rings. The van der Waals surface area contributed by atoms with Crippen LogP contribution in [0.15, 0.2) is 15.7 Å². The molecule has 0 saturated carbocycles. The van der Waals surface area contributed by atoms with Gasteiger partial charge in [-0.15, -0.1) is 0 Å². The van der Waals surface area contributed by atoms with Gasteiger partial charge in [0.05, 0.1) is 0 Å². The molecule has 0 bridgehead atoms. The highest BCUT2D eigenvalue weighted by atomic mass is 15.0. The highest BCUT2D eigenvalue weighted by Gasteiger charge is 2.13. The SMILES string of the molecule is N#CC1=NC(=C=[N-])C(C#N)=N1. The quantitative estimate of drug-likeness (QED) is 0.445. The first-order valence-corrected chi connectivity index (χ1v) is 2.57. The molecule has 0 radical (unpaired) electrons. The third-order valence-corrected chi connectivity index (χ3v) is 0.972. The lowest BCUT2D eigenvalue weighted by Gasteiger charge is -1.83. The molecule has 5 nitrogen and oxygen atoms in total. The number of rotatable bonds is 0. The summed E-state index contributed by atoms with van der Waals surface area (Å²) in [5.74, 6) is 1.51. The van der Waals surface area contributed by atoms with Crippen molar-refractivity contribution in [2.75, 3.05) is 0 Å². The van der Waals surface area contributed by atoms with Crippen LogP contribution in [0.4, 0.5) is 0 Å². The Morgan fingerprint density at radius 2 is 1.91 bits per heavy atom. The molecular weight excluding hydrogens is 142 g/mol. The molecule has 1 rings (SSSR count). The summed E-state index contributed by atoms with van der Waals surface area (Å²) in [6.07, 6.45) is 0. The monoisotopic (exact) mass is 142 g/mol. The Hall–Kier alpha value is -2.23. The average Bonchev–Trinajstić information content (AvgIpc) is 2.46. The summed E-state index contributed by atoms with van der Waals surface area (Å²) >= 11 is 0. The molecule has 11 heavy (non-hydrogen) atoms. The summed E-state index contributed by atoms with van der Waals surface area (Å²) in [6, 6.07) is 3.29. The maximum Gasteiger partial charge on any atom is 0.234 e. The van der Waals surface area contributed by atoms with Gasteiger partial charge in [-0.05, 0) is 0 Å². The minimum Gasteiger partial charge on any atom is -0.761 e. The summed E-state index contributed by atoms with van der Waals surface area (Å²) in [5, 5.41) is 25.0. The van der Waals surface area contributed by atoms with Crippen LogP contribution in [0.3, 0.4) is 0 Å². The highest BCUT2D eigenvalue weighted by molar-refractivity contribution is 6.26. The van der Waals surface area contributed by atoms with Gasteiger partial charge in [-0.25, -0.2) is 15.9 Å². The number of hydrogen-bond donors (Lipinski definition) is 0. The van der Waals surface area contributed by atoms with Gasteiger partial charge in [-0.1, -0.05) is 0 Å².